The minimum atomic E-state index is -3.57. The molecule has 1 amide bonds. The maximum atomic E-state index is 12.3. The topological polar surface area (TPSA) is 75.7 Å². The Morgan fingerprint density at radius 3 is 2.35 bits per heavy atom. The molecule has 0 aliphatic rings. The molecule has 0 bridgehead atoms. The molecule has 0 aliphatic heterocycles. The van der Waals surface area contributed by atoms with Crippen molar-refractivity contribution < 1.29 is 17.9 Å². The first-order valence-corrected chi connectivity index (χ1v) is 9.66. The van der Waals surface area contributed by atoms with Crippen LogP contribution in [0.1, 0.15) is 17.5 Å². The number of carbonyl (C=O) groups excluding carboxylic acids is 1. The molecule has 0 heterocycles. The zero-order valence-electron chi connectivity index (χ0n) is 15.4. The van der Waals surface area contributed by atoms with Gasteiger partial charge in [-0.05, 0) is 43.7 Å². The molecule has 140 valence electrons. The van der Waals surface area contributed by atoms with Gasteiger partial charge in [-0.3, -0.25) is 4.79 Å². The molecule has 0 radical (unpaired) electrons. The van der Waals surface area contributed by atoms with Gasteiger partial charge >= 0.3 is 0 Å². The number of sulfonamides is 1. The summed E-state index contributed by atoms with van der Waals surface area (Å²) < 4.78 is 31.4. The molecular weight excluding hydrogens is 352 g/mol. The monoisotopic (exact) mass is 376 g/mol. The SMILES string of the molecule is Cc1ccc(OCCC(=O)Nc2ccc(C)c(S(=O)(=O)N(C)C)c2)cc1. The van der Waals surface area contributed by atoms with E-state index in [1.165, 1.54) is 20.2 Å². The molecule has 2 rings (SSSR count). The van der Waals surface area contributed by atoms with E-state index in [9.17, 15) is 13.2 Å². The highest BCUT2D eigenvalue weighted by Crippen LogP contribution is 2.22. The summed E-state index contributed by atoms with van der Waals surface area (Å²) in [6, 6.07) is 12.4. The fraction of sp³-hybridized carbons (Fsp3) is 0.316. The summed E-state index contributed by atoms with van der Waals surface area (Å²) in [4.78, 5) is 12.3. The molecule has 0 saturated carbocycles. The van der Waals surface area contributed by atoms with Gasteiger partial charge < -0.3 is 10.1 Å². The van der Waals surface area contributed by atoms with E-state index in [-0.39, 0.29) is 23.8 Å². The van der Waals surface area contributed by atoms with E-state index in [4.69, 9.17) is 4.74 Å². The standard InChI is InChI=1S/C19H24N2O4S/c1-14-5-9-17(10-6-14)25-12-11-19(22)20-16-8-7-15(2)18(13-16)26(23,24)21(3)4/h5-10,13H,11-12H2,1-4H3,(H,20,22). The van der Waals surface area contributed by atoms with Crippen molar-refractivity contribution in [3.05, 3.63) is 53.6 Å². The summed E-state index contributed by atoms with van der Waals surface area (Å²) in [7, 11) is -0.616. The van der Waals surface area contributed by atoms with Gasteiger partial charge in [0.05, 0.1) is 17.9 Å². The zero-order chi connectivity index (χ0) is 19.3. The molecular formula is C19H24N2O4S. The van der Waals surface area contributed by atoms with Gasteiger partial charge in [0, 0.05) is 19.8 Å². The third-order valence-corrected chi connectivity index (χ3v) is 5.81. The molecule has 7 heteroatoms. The van der Waals surface area contributed by atoms with Gasteiger partial charge in [-0.1, -0.05) is 23.8 Å². The first kappa shape index (κ1) is 19.9. The van der Waals surface area contributed by atoms with Crippen LogP contribution in [0.4, 0.5) is 5.69 Å². The van der Waals surface area contributed by atoms with Gasteiger partial charge in [0.25, 0.3) is 0 Å². The van der Waals surface area contributed by atoms with Gasteiger partial charge in [-0.2, -0.15) is 0 Å². The van der Waals surface area contributed by atoms with Crippen LogP contribution in [0.2, 0.25) is 0 Å². The van der Waals surface area contributed by atoms with Gasteiger partial charge in [0.15, 0.2) is 0 Å². The predicted octanol–water partition coefficient (Wildman–Crippen LogP) is 2.96. The Hall–Kier alpha value is -2.38. The molecule has 0 spiro atoms. The van der Waals surface area contributed by atoms with Crippen molar-refractivity contribution in [1.29, 1.82) is 0 Å². The number of aryl methyl sites for hydroxylation is 2. The fourth-order valence-corrected chi connectivity index (χ4v) is 3.42. The van der Waals surface area contributed by atoms with Crippen molar-refractivity contribution in [1.82, 2.24) is 4.31 Å². The van der Waals surface area contributed by atoms with Crippen molar-refractivity contribution in [2.24, 2.45) is 0 Å². The summed E-state index contributed by atoms with van der Waals surface area (Å²) in [5.74, 6) is 0.465. The first-order valence-electron chi connectivity index (χ1n) is 8.22. The van der Waals surface area contributed by atoms with E-state index in [0.717, 1.165) is 9.87 Å². The maximum Gasteiger partial charge on any atom is 0.242 e. The molecule has 2 aromatic rings. The number of anilines is 1. The van der Waals surface area contributed by atoms with Crippen molar-refractivity contribution in [2.75, 3.05) is 26.0 Å². The Balaban J connectivity index is 1.97. The molecule has 0 atom stereocenters. The minimum Gasteiger partial charge on any atom is -0.493 e. The third kappa shape index (κ3) is 5.06. The maximum absolute atomic E-state index is 12.3. The smallest absolute Gasteiger partial charge is 0.242 e. The van der Waals surface area contributed by atoms with E-state index in [2.05, 4.69) is 5.32 Å². The first-order chi connectivity index (χ1) is 12.2. The van der Waals surface area contributed by atoms with Crippen LogP contribution in [-0.4, -0.2) is 39.3 Å². The number of nitrogens with zero attached hydrogens (tertiary/aromatic N) is 1. The molecule has 0 unspecified atom stereocenters. The lowest BCUT2D eigenvalue weighted by molar-refractivity contribution is -0.116. The molecule has 0 saturated heterocycles. The molecule has 26 heavy (non-hydrogen) atoms. The number of hydrogen-bond acceptors (Lipinski definition) is 4. The number of hydrogen-bond donors (Lipinski definition) is 1. The van der Waals surface area contributed by atoms with E-state index in [0.29, 0.717) is 17.0 Å². The third-order valence-electron chi connectivity index (χ3n) is 3.85. The van der Waals surface area contributed by atoms with Crippen LogP contribution in [0, 0.1) is 13.8 Å². The number of amides is 1. The lowest BCUT2D eigenvalue weighted by Crippen LogP contribution is -2.23. The Kier molecular flexibility index (Phi) is 6.39. The quantitative estimate of drug-likeness (QED) is 0.806. The predicted molar refractivity (Wildman–Crippen MR) is 102 cm³/mol. The van der Waals surface area contributed by atoms with Crippen LogP contribution in [0.5, 0.6) is 5.75 Å². The molecule has 0 aromatic heterocycles. The lowest BCUT2D eigenvalue weighted by Gasteiger charge is -2.15. The lowest BCUT2D eigenvalue weighted by atomic mass is 10.2. The fourth-order valence-electron chi connectivity index (χ4n) is 2.27. The molecule has 0 fully saturated rings. The average Bonchev–Trinajstić information content (AvgIpc) is 2.58. The Bertz CT molecular complexity index is 875. The van der Waals surface area contributed by atoms with Crippen molar-refractivity contribution in [3.8, 4) is 5.75 Å². The van der Waals surface area contributed by atoms with Gasteiger partial charge in [0.2, 0.25) is 15.9 Å². The van der Waals surface area contributed by atoms with Crippen LogP contribution in [-0.2, 0) is 14.8 Å². The van der Waals surface area contributed by atoms with E-state index in [1.54, 1.807) is 19.1 Å². The second-order valence-corrected chi connectivity index (χ2v) is 8.35. The van der Waals surface area contributed by atoms with Gasteiger partial charge in [-0.25, -0.2) is 12.7 Å². The van der Waals surface area contributed by atoms with Crippen LogP contribution in [0.25, 0.3) is 0 Å². The van der Waals surface area contributed by atoms with E-state index >= 15 is 0 Å². The molecule has 1 N–H and O–H groups in total. The van der Waals surface area contributed by atoms with Crippen LogP contribution < -0.4 is 10.1 Å². The average molecular weight is 376 g/mol. The Morgan fingerprint density at radius 2 is 1.73 bits per heavy atom. The second kappa shape index (κ2) is 8.33. The number of rotatable bonds is 7. The number of nitrogens with one attached hydrogen (secondary N) is 1. The van der Waals surface area contributed by atoms with Crippen molar-refractivity contribution in [2.45, 2.75) is 25.2 Å². The normalized spacial score (nSPS) is 11.4. The highest BCUT2D eigenvalue weighted by molar-refractivity contribution is 7.89. The number of ether oxygens (including phenoxy) is 1. The Morgan fingerprint density at radius 1 is 1.08 bits per heavy atom. The molecule has 0 aliphatic carbocycles. The Labute approximate surface area is 154 Å². The van der Waals surface area contributed by atoms with Crippen LogP contribution in [0.15, 0.2) is 47.4 Å². The summed E-state index contributed by atoms with van der Waals surface area (Å²) in [5.41, 5.74) is 2.20. The van der Waals surface area contributed by atoms with Crippen molar-refractivity contribution >= 4 is 21.6 Å². The summed E-state index contributed by atoms with van der Waals surface area (Å²) in [6.45, 7) is 3.95. The zero-order valence-corrected chi connectivity index (χ0v) is 16.3. The molecule has 6 nitrogen and oxygen atoms in total. The second-order valence-electron chi connectivity index (χ2n) is 6.23. The molecule has 2 aromatic carbocycles. The van der Waals surface area contributed by atoms with Crippen LogP contribution in [0.3, 0.4) is 0 Å². The number of carbonyl (C=O) groups is 1. The van der Waals surface area contributed by atoms with Gasteiger partial charge in [0.1, 0.15) is 5.75 Å². The summed E-state index contributed by atoms with van der Waals surface area (Å²) in [5, 5.41) is 2.71. The van der Waals surface area contributed by atoms with E-state index in [1.807, 2.05) is 31.2 Å². The summed E-state index contributed by atoms with van der Waals surface area (Å²) in [6.07, 6.45) is 0.164. The largest absolute Gasteiger partial charge is 0.493 e. The number of benzene rings is 2. The highest BCUT2D eigenvalue weighted by atomic mass is 32.2. The van der Waals surface area contributed by atoms with Gasteiger partial charge in [-0.15, -0.1) is 0 Å². The van der Waals surface area contributed by atoms with Crippen molar-refractivity contribution in [3.63, 3.8) is 0 Å². The van der Waals surface area contributed by atoms with E-state index < -0.39 is 10.0 Å². The summed E-state index contributed by atoms with van der Waals surface area (Å²) >= 11 is 0. The van der Waals surface area contributed by atoms with Crippen LogP contribution >= 0.6 is 0 Å². The minimum absolute atomic E-state index is 0.164. The highest BCUT2D eigenvalue weighted by Gasteiger charge is 2.20.